The van der Waals surface area contributed by atoms with Crippen LogP contribution in [0, 0.1) is 0 Å². The molecule has 0 aliphatic rings. The SMILES string of the molecule is Clc1cc(-c2c[nH]c3ccc(Br)cc23)c2cc[nH]c2c1. The number of halogens is 2. The van der Waals surface area contributed by atoms with E-state index in [1.807, 2.05) is 30.6 Å². The van der Waals surface area contributed by atoms with Crippen molar-refractivity contribution in [3.63, 3.8) is 0 Å². The molecule has 2 heterocycles. The summed E-state index contributed by atoms with van der Waals surface area (Å²) in [5.41, 5.74) is 4.47. The number of nitrogens with one attached hydrogen (secondary N) is 2. The zero-order chi connectivity index (χ0) is 13.7. The second-order valence-corrected chi connectivity index (χ2v) is 6.14. The van der Waals surface area contributed by atoms with Gasteiger partial charge >= 0.3 is 0 Å². The third-order valence-corrected chi connectivity index (χ3v) is 4.28. The molecule has 0 unspecified atom stereocenters. The molecule has 0 fully saturated rings. The Morgan fingerprint density at radius 3 is 2.65 bits per heavy atom. The molecule has 0 saturated heterocycles. The van der Waals surface area contributed by atoms with Crippen molar-refractivity contribution in [1.29, 1.82) is 0 Å². The minimum absolute atomic E-state index is 0.735. The lowest BCUT2D eigenvalue weighted by Gasteiger charge is -2.04. The van der Waals surface area contributed by atoms with Crippen molar-refractivity contribution in [3.8, 4) is 11.1 Å². The van der Waals surface area contributed by atoms with E-state index < -0.39 is 0 Å². The third kappa shape index (κ3) is 1.78. The lowest BCUT2D eigenvalue weighted by atomic mass is 10.0. The predicted molar refractivity (Wildman–Crippen MR) is 88.3 cm³/mol. The summed E-state index contributed by atoms with van der Waals surface area (Å²) in [7, 11) is 0. The fourth-order valence-electron chi connectivity index (χ4n) is 2.67. The van der Waals surface area contributed by atoms with Crippen LogP contribution in [-0.2, 0) is 0 Å². The van der Waals surface area contributed by atoms with Crippen LogP contribution in [0.15, 0.2) is 53.3 Å². The van der Waals surface area contributed by atoms with Gasteiger partial charge in [0.05, 0.1) is 0 Å². The van der Waals surface area contributed by atoms with Crippen LogP contribution in [-0.4, -0.2) is 9.97 Å². The van der Waals surface area contributed by atoms with Crippen molar-refractivity contribution in [1.82, 2.24) is 9.97 Å². The summed E-state index contributed by atoms with van der Waals surface area (Å²) >= 11 is 9.78. The van der Waals surface area contributed by atoms with Gasteiger partial charge in [0.15, 0.2) is 0 Å². The van der Waals surface area contributed by atoms with E-state index in [4.69, 9.17) is 11.6 Å². The first-order valence-corrected chi connectivity index (χ1v) is 7.43. The largest absolute Gasteiger partial charge is 0.361 e. The zero-order valence-electron chi connectivity index (χ0n) is 10.4. The molecule has 2 nitrogen and oxygen atoms in total. The molecule has 0 radical (unpaired) electrons. The highest BCUT2D eigenvalue weighted by atomic mass is 79.9. The summed E-state index contributed by atoms with van der Waals surface area (Å²) in [4.78, 5) is 6.53. The first kappa shape index (κ1) is 12.1. The maximum atomic E-state index is 6.24. The molecule has 2 aromatic carbocycles. The van der Waals surface area contributed by atoms with Crippen LogP contribution < -0.4 is 0 Å². The third-order valence-electron chi connectivity index (χ3n) is 3.57. The lowest BCUT2D eigenvalue weighted by molar-refractivity contribution is 1.47. The van der Waals surface area contributed by atoms with Gasteiger partial charge in [0.1, 0.15) is 0 Å². The minimum Gasteiger partial charge on any atom is -0.361 e. The van der Waals surface area contributed by atoms with E-state index in [2.05, 4.69) is 44.1 Å². The smallest absolute Gasteiger partial charge is 0.0475 e. The van der Waals surface area contributed by atoms with Crippen LogP contribution in [0.25, 0.3) is 32.9 Å². The Hall–Kier alpha value is -1.71. The van der Waals surface area contributed by atoms with E-state index in [-0.39, 0.29) is 0 Å². The second-order valence-electron chi connectivity index (χ2n) is 4.78. The summed E-state index contributed by atoms with van der Waals surface area (Å²) < 4.78 is 1.07. The number of H-pyrrole nitrogens is 2. The number of fused-ring (bicyclic) bond motifs is 2. The van der Waals surface area contributed by atoms with Crippen molar-refractivity contribution in [2.45, 2.75) is 0 Å². The fraction of sp³-hybridized carbons (Fsp3) is 0. The van der Waals surface area contributed by atoms with Gasteiger partial charge in [0, 0.05) is 49.3 Å². The summed E-state index contributed by atoms with van der Waals surface area (Å²) in [6, 6.07) is 12.3. The van der Waals surface area contributed by atoms with Crippen LogP contribution in [0.5, 0.6) is 0 Å². The summed E-state index contributed by atoms with van der Waals surface area (Å²) in [5.74, 6) is 0. The summed E-state index contributed by atoms with van der Waals surface area (Å²) in [6.45, 7) is 0. The highest BCUT2D eigenvalue weighted by molar-refractivity contribution is 9.10. The highest BCUT2D eigenvalue weighted by Crippen LogP contribution is 2.36. The monoisotopic (exact) mass is 344 g/mol. The van der Waals surface area contributed by atoms with E-state index >= 15 is 0 Å². The normalized spacial score (nSPS) is 11.5. The van der Waals surface area contributed by atoms with Gasteiger partial charge < -0.3 is 9.97 Å². The van der Waals surface area contributed by atoms with Gasteiger partial charge in [-0.1, -0.05) is 27.5 Å². The lowest BCUT2D eigenvalue weighted by Crippen LogP contribution is -1.79. The molecule has 2 N–H and O–H groups in total. The van der Waals surface area contributed by atoms with Gasteiger partial charge in [0.25, 0.3) is 0 Å². The molecule has 0 aliphatic heterocycles. The molecule has 98 valence electrons. The van der Waals surface area contributed by atoms with Crippen molar-refractivity contribution >= 4 is 49.3 Å². The van der Waals surface area contributed by atoms with Crippen LogP contribution >= 0.6 is 27.5 Å². The molecule has 0 saturated carbocycles. The maximum Gasteiger partial charge on any atom is 0.0475 e. The Bertz CT molecular complexity index is 936. The quantitative estimate of drug-likeness (QED) is 0.441. The highest BCUT2D eigenvalue weighted by Gasteiger charge is 2.11. The van der Waals surface area contributed by atoms with Crippen molar-refractivity contribution in [2.24, 2.45) is 0 Å². The number of hydrogen-bond donors (Lipinski definition) is 2. The maximum absolute atomic E-state index is 6.24. The van der Waals surface area contributed by atoms with Crippen LogP contribution in [0.3, 0.4) is 0 Å². The van der Waals surface area contributed by atoms with Gasteiger partial charge in [-0.25, -0.2) is 0 Å². The number of aromatic nitrogens is 2. The molecule has 0 spiro atoms. The number of benzene rings is 2. The molecule has 4 aromatic rings. The Morgan fingerprint density at radius 1 is 0.850 bits per heavy atom. The van der Waals surface area contributed by atoms with Crippen molar-refractivity contribution in [3.05, 3.63) is 58.3 Å². The zero-order valence-corrected chi connectivity index (χ0v) is 12.7. The fourth-order valence-corrected chi connectivity index (χ4v) is 3.25. The average molecular weight is 346 g/mol. The van der Waals surface area contributed by atoms with E-state index in [1.54, 1.807) is 0 Å². The Morgan fingerprint density at radius 2 is 1.75 bits per heavy atom. The Balaban J connectivity index is 2.10. The minimum atomic E-state index is 0.735. The predicted octanol–water partition coefficient (Wildman–Crippen LogP) is 5.73. The standard InChI is InChI=1S/C16H10BrClN2/c17-9-1-2-15-13(5-9)14(8-20-15)12-6-10(18)7-16-11(12)3-4-19-16/h1-8,19-20H. The first-order chi connectivity index (χ1) is 9.72. The van der Waals surface area contributed by atoms with E-state index in [1.165, 1.54) is 10.8 Å². The van der Waals surface area contributed by atoms with E-state index in [0.717, 1.165) is 31.7 Å². The van der Waals surface area contributed by atoms with Gasteiger partial charge in [-0.15, -0.1) is 0 Å². The van der Waals surface area contributed by atoms with Gasteiger partial charge in [-0.3, -0.25) is 0 Å². The molecule has 4 heteroatoms. The molecule has 2 aromatic heterocycles. The summed E-state index contributed by atoms with van der Waals surface area (Å²) in [5, 5.41) is 3.10. The molecule has 0 bridgehead atoms. The second kappa shape index (κ2) is 4.40. The van der Waals surface area contributed by atoms with Crippen LogP contribution in [0.2, 0.25) is 5.02 Å². The number of hydrogen-bond acceptors (Lipinski definition) is 0. The summed E-state index contributed by atoms with van der Waals surface area (Å²) in [6.07, 6.45) is 3.98. The molecular weight excluding hydrogens is 336 g/mol. The molecule has 0 aliphatic carbocycles. The molecule has 4 rings (SSSR count). The van der Waals surface area contributed by atoms with E-state index in [0.29, 0.717) is 0 Å². The average Bonchev–Trinajstić information content (AvgIpc) is 3.03. The van der Waals surface area contributed by atoms with Gasteiger partial charge in [0.2, 0.25) is 0 Å². The Labute approximate surface area is 128 Å². The topological polar surface area (TPSA) is 31.6 Å². The molecular formula is C16H10BrClN2. The van der Waals surface area contributed by atoms with Gasteiger partial charge in [-0.05, 0) is 42.0 Å². The van der Waals surface area contributed by atoms with Gasteiger partial charge in [-0.2, -0.15) is 0 Å². The van der Waals surface area contributed by atoms with Crippen LogP contribution in [0.4, 0.5) is 0 Å². The Kier molecular flexibility index (Phi) is 2.65. The molecule has 0 atom stereocenters. The molecule has 20 heavy (non-hydrogen) atoms. The van der Waals surface area contributed by atoms with Crippen molar-refractivity contribution in [2.75, 3.05) is 0 Å². The molecule has 0 amide bonds. The van der Waals surface area contributed by atoms with Crippen LogP contribution in [0.1, 0.15) is 0 Å². The van der Waals surface area contributed by atoms with E-state index in [9.17, 15) is 0 Å². The number of rotatable bonds is 1. The number of aromatic amines is 2. The first-order valence-electron chi connectivity index (χ1n) is 6.26. The van der Waals surface area contributed by atoms with Crippen molar-refractivity contribution < 1.29 is 0 Å².